The maximum absolute atomic E-state index is 16.0. The Balaban J connectivity index is 1.50. The molecule has 7 rings (SSSR count). The average molecular weight is 642 g/mol. The molecule has 0 N–H and O–H groups in total. The first-order valence-corrected chi connectivity index (χ1v) is 15.5. The number of fused-ring (bicyclic) bond motifs is 3. The fraction of sp³-hybridized carbons (Fsp3) is 0.242. The van der Waals surface area contributed by atoms with Gasteiger partial charge in [0.25, 0.3) is 0 Å². The third kappa shape index (κ3) is 5.01. The lowest BCUT2D eigenvalue weighted by Gasteiger charge is -2.33. The molecule has 1 atom stereocenters. The number of nitrogens with zero attached hydrogens (tertiary/aromatic N) is 7. The molecule has 0 aliphatic carbocycles. The number of aromatic nitrogens is 6. The van der Waals surface area contributed by atoms with Crippen LogP contribution in [-0.4, -0.2) is 66.7 Å². The summed E-state index contributed by atoms with van der Waals surface area (Å²) in [6, 6.07) is 7.64. The number of carbonyl (C=O) groups excluding carboxylic acids is 1. The largest absolute Gasteiger partial charge is 0.490 e. The van der Waals surface area contributed by atoms with Crippen LogP contribution in [0.15, 0.2) is 60.8 Å². The fourth-order valence-electron chi connectivity index (χ4n) is 5.91. The molecule has 10 nitrogen and oxygen atoms in total. The summed E-state index contributed by atoms with van der Waals surface area (Å²) in [5, 5.41) is 11.9. The summed E-state index contributed by atoms with van der Waals surface area (Å²) in [6.45, 7) is 6.68. The van der Waals surface area contributed by atoms with E-state index in [0.29, 0.717) is 35.7 Å². The normalized spacial score (nSPS) is 14.6. The molecule has 1 aromatic carbocycles. The SMILES string of the molecule is C=CC(=O)N1Cc2cc(-c3nc(-c4cnc5cnn(C)c5c4)c4ccsc4c3-c3c(F)cc(F)cc3OCCOC)nn2C[C@H]1C. The first-order chi connectivity index (χ1) is 22.3. The van der Waals surface area contributed by atoms with Gasteiger partial charge in [-0.1, -0.05) is 6.58 Å². The van der Waals surface area contributed by atoms with Crippen molar-refractivity contribution in [1.29, 1.82) is 0 Å². The third-order valence-corrected chi connectivity index (χ3v) is 9.09. The Bertz CT molecular complexity index is 2150. The summed E-state index contributed by atoms with van der Waals surface area (Å²) in [4.78, 5) is 24.1. The third-order valence-electron chi connectivity index (χ3n) is 8.16. The number of carbonyl (C=O) groups is 1. The van der Waals surface area contributed by atoms with E-state index >= 15 is 4.39 Å². The van der Waals surface area contributed by atoms with Gasteiger partial charge in [0.05, 0.1) is 48.4 Å². The van der Waals surface area contributed by atoms with Gasteiger partial charge < -0.3 is 14.4 Å². The first-order valence-electron chi connectivity index (χ1n) is 14.6. The number of thiophene rings is 1. The lowest BCUT2D eigenvalue weighted by molar-refractivity contribution is -0.129. The molecule has 5 aromatic heterocycles. The van der Waals surface area contributed by atoms with Crippen LogP contribution < -0.4 is 4.74 Å². The number of rotatable bonds is 8. The van der Waals surface area contributed by atoms with Gasteiger partial charge in [-0.3, -0.25) is 19.1 Å². The highest BCUT2D eigenvalue weighted by atomic mass is 32.1. The summed E-state index contributed by atoms with van der Waals surface area (Å²) in [5.74, 6) is -1.71. The Hall–Kier alpha value is -5.01. The zero-order chi connectivity index (χ0) is 32.1. The van der Waals surface area contributed by atoms with E-state index in [1.54, 1.807) is 22.0 Å². The van der Waals surface area contributed by atoms with E-state index in [2.05, 4.69) is 16.7 Å². The molecule has 1 amide bonds. The minimum atomic E-state index is -0.795. The van der Waals surface area contributed by atoms with E-state index in [9.17, 15) is 9.18 Å². The Kier molecular flexibility index (Phi) is 7.57. The van der Waals surface area contributed by atoms with Crippen LogP contribution in [0.3, 0.4) is 0 Å². The average Bonchev–Trinajstić information content (AvgIpc) is 3.78. The van der Waals surface area contributed by atoms with Gasteiger partial charge in [-0.05, 0) is 36.6 Å². The Morgan fingerprint density at radius 1 is 1.15 bits per heavy atom. The van der Waals surface area contributed by atoms with Gasteiger partial charge in [0.2, 0.25) is 5.91 Å². The second-order valence-electron chi connectivity index (χ2n) is 11.1. The fourth-order valence-corrected chi connectivity index (χ4v) is 6.86. The molecule has 13 heteroatoms. The van der Waals surface area contributed by atoms with Crippen LogP contribution in [0.5, 0.6) is 5.75 Å². The van der Waals surface area contributed by atoms with Gasteiger partial charge in [-0.25, -0.2) is 13.8 Å². The molecule has 0 saturated heterocycles. The number of pyridine rings is 2. The molecule has 0 bridgehead atoms. The Morgan fingerprint density at radius 3 is 2.80 bits per heavy atom. The number of benzene rings is 1. The predicted octanol–water partition coefficient (Wildman–Crippen LogP) is 6.00. The molecule has 6 aromatic rings. The van der Waals surface area contributed by atoms with Crippen molar-refractivity contribution < 1.29 is 23.0 Å². The van der Waals surface area contributed by atoms with E-state index in [0.717, 1.165) is 38.4 Å². The van der Waals surface area contributed by atoms with E-state index in [1.165, 1.54) is 30.6 Å². The van der Waals surface area contributed by atoms with E-state index in [-0.39, 0.29) is 36.5 Å². The molecule has 46 heavy (non-hydrogen) atoms. The number of amides is 1. The molecule has 0 fully saturated rings. The maximum atomic E-state index is 16.0. The minimum absolute atomic E-state index is 0.0263. The lowest BCUT2D eigenvalue weighted by atomic mass is 9.96. The topological polar surface area (TPSA) is 100 Å². The molecule has 1 aliphatic heterocycles. The van der Waals surface area contributed by atoms with Crippen LogP contribution in [0.1, 0.15) is 12.6 Å². The highest BCUT2D eigenvalue weighted by Gasteiger charge is 2.30. The Labute approximate surface area is 266 Å². The minimum Gasteiger partial charge on any atom is -0.490 e. The summed E-state index contributed by atoms with van der Waals surface area (Å²) in [5.41, 5.74) is 5.07. The molecule has 0 unspecified atom stereocenters. The van der Waals surface area contributed by atoms with E-state index in [1.807, 2.05) is 42.2 Å². The predicted molar refractivity (Wildman–Crippen MR) is 171 cm³/mol. The van der Waals surface area contributed by atoms with Crippen LogP contribution >= 0.6 is 11.3 Å². The molecule has 0 saturated carbocycles. The van der Waals surface area contributed by atoms with Crippen molar-refractivity contribution in [2.75, 3.05) is 20.3 Å². The second-order valence-corrected chi connectivity index (χ2v) is 12.0. The van der Waals surface area contributed by atoms with Crippen LogP contribution in [0.2, 0.25) is 0 Å². The van der Waals surface area contributed by atoms with Crippen LogP contribution in [-0.2, 0) is 29.7 Å². The standard InChI is InChI=1S/C33H29F2N7O3S/c1-5-28(43)41-17-21-13-24(39-42(21)16-18(41)2)32-30(29-23(35)11-20(34)12-27(29)45-8-7-44-4)33-22(6-9-46-33)31(38-32)19-10-26-25(36-14-19)15-37-40(26)3/h5-6,9-15,18H,1,7-8,16-17H2,2-4H3/t18-/m1/s1. The molecule has 1 aliphatic rings. The first kappa shape index (κ1) is 29.7. The monoisotopic (exact) mass is 641 g/mol. The van der Waals surface area contributed by atoms with E-state index in [4.69, 9.17) is 19.6 Å². The van der Waals surface area contributed by atoms with Crippen molar-refractivity contribution in [3.63, 3.8) is 0 Å². The molecule has 0 spiro atoms. The van der Waals surface area contributed by atoms with Crippen molar-refractivity contribution in [1.82, 2.24) is 34.4 Å². The van der Waals surface area contributed by atoms with Gasteiger partial charge in [-0.2, -0.15) is 10.2 Å². The van der Waals surface area contributed by atoms with Crippen molar-refractivity contribution in [2.24, 2.45) is 7.05 Å². The quantitative estimate of drug-likeness (QED) is 0.149. The zero-order valence-corrected chi connectivity index (χ0v) is 26.1. The van der Waals surface area contributed by atoms with Gasteiger partial charge in [-0.15, -0.1) is 11.3 Å². The molecule has 6 heterocycles. The molecular formula is C33H29F2N7O3S. The van der Waals surface area contributed by atoms with Crippen molar-refractivity contribution in [3.8, 4) is 39.5 Å². The Morgan fingerprint density at radius 2 is 2.00 bits per heavy atom. The number of methoxy groups -OCH3 is 1. The summed E-state index contributed by atoms with van der Waals surface area (Å²) < 4.78 is 46.0. The highest BCUT2D eigenvalue weighted by Crippen LogP contribution is 2.47. The molecule has 0 radical (unpaired) electrons. The van der Waals surface area contributed by atoms with Gasteiger partial charge in [0, 0.05) is 59.7 Å². The summed E-state index contributed by atoms with van der Waals surface area (Å²) in [6.07, 6.45) is 4.74. The number of halogens is 2. The molecule has 234 valence electrons. The second kappa shape index (κ2) is 11.7. The number of ether oxygens (including phenoxy) is 2. The summed E-state index contributed by atoms with van der Waals surface area (Å²) >= 11 is 1.41. The van der Waals surface area contributed by atoms with Crippen molar-refractivity contribution in [3.05, 3.63) is 78.1 Å². The lowest BCUT2D eigenvalue weighted by Crippen LogP contribution is -2.44. The van der Waals surface area contributed by atoms with Crippen LogP contribution in [0.4, 0.5) is 8.78 Å². The van der Waals surface area contributed by atoms with Crippen LogP contribution in [0, 0.1) is 11.6 Å². The van der Waals surface area contributed by atoms with Gasteiger partial charge in [0.1, 0.15) is 40.9 Å². The summed E-state index contributed by atoms with van der Waals surface area (Å²) in [7, 11) is 3.37. The smallest absolute Gasteiger partial charge is 0.246 e. The highest BCUT2D eigenvalue weighted by molar-refractivity contribution is 7.18. The van der Waals surface area contributed by atoms with Gasteiger partial charge in [0.15, 0.2) is 0 Å². The van der Waals surface area contributed by atoms with Crippen molar-refractivity contribution >= 4 is 38.4 Å². The van der Waals surface area contributed by atoms with Gasteiger partial charge >= 0.3 is 0 Å². The van der Waals surface area contributed by atoms with Crippen LogP contribution in [0.25, 0.3) is 54.9 Å². The zero-order valence-electron chi connectivity index (χ0n) is 25.3. The molecular weight excluding hydrogens is 612 g/mol. The van der Waals surface area contributed by atoms with Crippen molar-refractivity contribution in [2.45, 2.75) is 26.1 Å². The maximum Gasteiger partial charge on any atom is 0.246 e. The number of hydrogen-bond acceptors (Lipinski definition) is 8. The van der Waals surface area contributed by atoms with E-state index < -0.39 is 11.6 Å². The number of aryl methyl sites for hydroxylation is 1. The number of hydrogen-bond donors (Lipinski definition) is 0.